The number of ether oxygens (including phenoxy) is 2. The Morgan fingerprint density at radius 1 is 1.12 bits per heavy atom. The Hall–Kier alpha value is -2.77. The van der Waals surface area contributed by atoms with E-state index in [9.17, 15) is 4.79 Å². The van der Waals surface area contributed by atoms with Crippen LogP contribution < -0.4 is 19.7 Å². The Morgan fingerprint density at radius 2 is 1.88 bits per heavy atom. The molecule has 2 aromatic rings. The van der Waals surface area contributed by atoms with Crippen LogP contribution in [0.1, 0.15) is 22.8 Å². The predicted octanol–water partition coefficient (Wildman–Crippen LogP) is 2.46. The third kappa shape index (κ3) is 5.34. The van der Waals surface area contributed by atoms with E-state index < -0.39 is 0 Å². The molecule has 2 aromatic carbocycles. The van der Waals surface area contributed by atoms with Gasteiger partial charge in [-0.15, -0.1) is 0 Å². The summed E-state index contributed by atoms with van der Waals surface area (Å²) in [5.74, 6) is 1.63. The topological polar surface area (TPSA) is 57.3 Å². The summed E-state index contributed by atoms with van der Waals surface area (Å²) in [5.41, 5.74) is 2.82. The average molecular weight is 439 g/mol. The molecule has 1 N–H and O–H groups in total. The summed E-state index contributed by atoms with van der Waals surface area (Å²) < 4.78 is 11.2. The lowest BCUT2D eigenvalue weighted by Crippen LogP contribution is -2.46. The number of piperazine rings is 1. The van der Waals surface area contributed by atoms with Gasteiger partial charge in [0.05, 0.1) is 18.8 Å². The first-order valence-electron chi connectivity index (χ1n) is 11.4. The van der Waals surface area contributed by atoms with Gasteiger partial charge >= 0.3 is 0 Å². The minimum atomic E-state index is -0.0375. The van der Waals surface area contributed by atoms with Crippen LogP contribution in [0.2, 0.25) is 0 Å². The predicted molar refractivity (Wildman–Crippen MR) is 127 cm³/mol. The van der Waals surface area contributed by atoms with Crippen molar-refractivity contribution >= 4 is 11.6 Å². The Bertz CT molecular complexity index is 910. The molecule has 1 saturated heterocycles. The van der Waals surface area contributed by atoms with E-state index in [4.69, 9.17) is 9.47 Å². The second kappa shape index (κ2) is 10.2. The molecule has 7 heteroatoms. The number of carbonyl (C=O) groups excluding carboxylic acids is 1. The van der Waals surface area contributed by atoms with Crippen molar-refractivity contribution in [1.29, 1.82) is 0 Å². The van der Waals surface area contributed by atoms with Gasteiger partial charge in [0.15, 0.2) is 0 Å². The summed E-state index contributed by atoms with van der Waals surface area (Å²) in [4.78, 5) is 19.9. The lowest BCUT2D eigenvalue weighted by molar-refractivity contribution is 0.0941. The van der Waals surface area contributed by atoms with Gasteiger partial charge < -0.3 is 24.6 Å². The maximum atomic E-state index is 12.8. The fraction of sp³-hybridized carbons (Fsp3) is 0.480. The van der Waals surface area contributed by atoms with E-state index in [1.165, 1.54) is 5.56 Å². The smallest absolute Gasteiger partial charge is 0.251 e. The van der Waals surface area contributed by atoms with Gasteiger partial charge in [-0.2, -0.15) is 0 Å². The normalized spacial score (nSPS) is 19.2. The zero-order valence-electron chi connectivity index (χ0n) is 19.3. The zero-order chi connectivity index (χ0) is 22.5. The number of nitrogens with one attached hydrogen (secondary N) is 1. The summed E-state index contributed by atoms with van der Waals surface area (Å²) in [6.45, 7) is 9.34. The van der Waals surface area contributed by atoms with E-state index in [0.717, 1.165) is 56.5 Å². The van der Waals surface area contributed by atoms with Crippen LogP contribution in [0.3, 0.4) is 0 Å². The van der Waals surface area contributed by atoms with Crippen LogP contribution in [0.5, 0.6) is 11.5 Å². The number of nitrogens with zero attached hydrogens (tertiary/aromatic N) is 3. The van der Waals surface area contributed by atoms with E-state index >= 15 is 0 Å². The van der Waals surface area contributed by atoms with Crippen molar-refractivity contribution in [2.45, 2.75) is 19.5 Å². The van der Waals surface area contributed by atoms with Crippen LogP contribution in [0, 0.1) is 0 Å². The maximum absolute atomic E-state index is 12.8. The van der Waals surface area contributed by atoms with E-state index in [0.29, 0.717) is 18.7 Å². The van der Waals surface area contributed by atoms with Crippen LogP contribution in [0.25, 0.3) is 0 Å². The molecule has 0 aliphatic carbocycles. The second-order valence-corrected chi connectivity index (χ2v) is 8.72. The number of fused-ring (bicyclic) bond motifs is 1. The number of rotatable bonds is 7. The summed E-state index contributed by atoms with van der Waals surface area (Å²) in [6, 6.07) is 14.0. The molecule has 2 aliphatic rings. The van der Waals surface area contributed by atoms with Crippen LogP contribution in [-0.4, -0.2) is 81.8 Å². The van der Waals surface area contributed by atoms with Crippen molar-refractivity contribution in [3.8, 4) is 11.5 Å². The number of hydrogen-bond donors (Lipinski definition) is 1. The molecule has 172 valence electrons. The standard InChI is InChI=1S/C25H34N4O3/c1-19-18-32-24-9-6-21(25(30)26-10-11-28-14-12-27(2)13-15-28)16-23(24)29(19)17-20-4-7-22(31-3)8-5-20/h4-9,16,19H,10-15,17-18H2,1-3H3,(H,26,30). The van der Waals surface area contributed by atoms with Gasteiger partial charge in [0.2, 0.25) is 0 Å². The number of amides is 1. The minimum absolute atomic E-state index is 0.0375. The number of hydrogen-bond acceptors (Lipinski definition) is 6. The molecule has 0 radical (unpaired) electrons. The highest BCUT2D eigenvalue weighted by Gasteiger charge is 2.26. The monoisotopic (exact) mass is 438 g/mol. The van der Waals surface area contributed by atoms with Crippen LogP contribution in [-0.2, 0) is 6.54 Å². The second-order valence-electron chi connectivity index (χ2n) is 8.72. The largest absolute Gasteiger partial charge is 0.497 e. The van der Waals surface area contributed by atoms with Crippen LogP contribution >= 0.6 is 0 Å². The first-order chi connectivity index (χ1) is 15.5. The quantitative estimate of drug-likeness (QED) is 0.717. The summed E-state index contributed by atoms with van der Waals surface area (Å²) >= 11 is 0. The molecule has 2 heterocycles. The van der Waals surface area contributed by atoms with E-state index in [-0.39, 0.29) is 11.9 Å². The molecule has 32 heavy (non-hydrogen) atoms. The summed E-state index contributed by atoms with van der Waals surface area (Å²) in [7, 11) is 3.82. The molecule has 4 rings (SSSR count). The van der Waals surface area contributed by atoms with Gasteiger partial charge in [0.25, 0.3) is 5.91 Å². The molecule has 2 aliphatic heterocycles. The number of benzene rings is 2. The molecule has 1 fully saturated rings. The van der Waals surface area contributed by atoms with E-state index in [2.05, 4.69) is 46.1 Å². The molecule has 0 aromatic heterocycles. The fourth-order valence-corrected chi connectivity index (χ4v) is 4.21. The summed E-state index contributed by atoms with van der Waals surface area (Å²) in [5, 5.41) is 3.09. The van der Waals surface area contributed by atoms with Gasteiger partial charge in [-0.3, -0.25) is 9.69 Å². The van der Waals surface area contributed by atoms with Crippen LogP contribution in [0.4, 0.5) is 5.69 Å². The van der Waals surface area contributed by atoms with Crippen LogP contribution in [0.15, 0.2) is 42.5 Å². The van der Waals surface area contributed by atoms with Gasteiger partial charge in [-0.05, 0) is 49.9 Å². The molecular formula is C25H34N4O3. The zero-order valence-corrected chi connectivity index (χ0v) is 19.3. The molecule has 1 unspecified atom stereocenters. The Balaban J connectivity index is 1.41. The third-order valence-electron chi connectivity index (χ3n) is 6.36. The highest BCUT2D eigenvalue weighted by Crippen LogP contribution is 2.36. The average Bonchev–Trinajstić information content (AvgIpc) is 2.82. The van der Waals surface area contributed by atoms with Crippen molar-refractivity contribution in [2.24, 2.45) is 0 Å². The molecule has 7 nitrogen and oxygen atoms in total. The fourth-order valence-electron chi connectivity index (χ4n) is 4.21. The number of methoxy groups -OCH3 is 1. The third-order valence-corrected chi connectivity index (χ3v) is 6.36. The Labute approximate surface area is 190 Å². The maximum Gasteiger partial charge on any atom is 0.251 e. The minimum Gasteiger partial charge on any atom is -0.497 e. The molecular weight excluding hydrogens is 404 g/mol. The van der Waals surface area contributed by atoms with Gasteiger partial charge in [0.1, 0.15) is 18.1 Å². The highest BCUT2D eigenvalue weighted by molar-refractivity contribution is 5.95. The lowest BCUT2D eigenvalue weighted by atomic mass is 10.1. The number of carbonyl (C=O) groups is 1. The van der Waals surface area contributed by atoms with Crippen molar-refractivity contribution in [3.63, 3.8) is 0 Å². The summed E-state index contributed by atoms with van der Waals surface area (Å²) in [6.07, 6.45) is 0. The molecule has 0 saturated carbocycles. The number of anilines is 1. The number of likely N-dealkylation sites (N-methyl/N-ethyl adjacent to an activating group) is 1. The highest BCUT2D eigenvalue weighted by atomic mass is 16.5. The van der Waals surface area contributed by atoms with Gasteiger partial charge in [-0.1, -0.05) is 12.1 Å². The SMILES string of the molecule is COc1ccc(CN2c3cc(C(=O)NCCN4CCN(C)CC4)ccc3OCC2C)cc1. The first-order valence-corrected chi connectivity index (χ1v) is 11.4. The molecule has 1 amide bonds. The van der Waals surface area contributed by atoms with Gasteiger partial charge in [0, 0.05) is 51.4 Å². The van der Waals surface area contributed by atoms with Crippen molar-refractivity contribution in [3.05, 3.63) is 53.6 Å². The Kier molecular flexibility index (Phi) is 7.17. The molecule has 0 bridgehead atoms. The lowest BCUT2D eigenvalue weighted by Gasteiger charge is -2.37. The first kappa shape index (κ1) is 22.4. The van der Waals surface area contributed by atoms with E-state index in [1.54, 1.807) is 7.11 Å². The van der Waals surface area contributed by atoms with Gasteiger partial charge in [-0.25, -0.2) is 0 Å². The molecule has 0 spiro atoms. The van der Waals surface area contributed by atoms with E-state index in [1.807, 2.05) is 30.3 Å². The van der Waals surface area contributed by atoms with Crippen molar-refractivity contribution in [2.75, 3.05) is 64.9 Å². The van der Waals surface area contributed by atoms with Crippen molar-refractivity contribution < 1.29 is 14.3 Å². The Morgan fingerprint density at radius 3 is 2.59 bits per heavy atom. The molecule has 1 atom stereocenters. The van der Waals surface area contributed by atoms with Crippen molar-refractivity contribution in [1.82, 2.24) is 15.1 Å².